The Morgan fingerprint density at radius 1 is 1.36 bits per heavy atom. The minimum absolute atomic E-state index is 0.137. The quantitative estimate of drug-likeness (QED) is 0.853. The van der Waals surface area contributed by atoms with Crippen LogP contribution in [0.1, 0.15) is 25.0 Å². The predicted octanol–water partition coefficient (Wildman–Crippen LogP) is 1.91. The molecule has 22 heavy (non-hydrogen) atoms. The molecule has 0 radical (unpaired) electrons. The molecule has 0 spiro atoms. The molecular weight excluding hydrogens is 280 g/mol. The fourth-order valence-electron chi connectivity index (χ4n) is 3.52. The largest absolute Gasteiger partial charge is 0.385 e. The number of hydrogen-bond acceptors (Lipinski definition) is 3. The highest BCUT2D eigenvalue weighted by Crippen LogP contribution is 2.24. The summed E-state index contributed by atoms with van der Waals surface area (Å²) in [6.45, 7) is 4.72. The summed E-state index contributed by atoms with van der Waals surface area (Å²) >= 11 is 0. The fraction of sp³-hybridized carbons (Fsp3) is 0.706. The van der Waals surface area contributed by atoms with Crippen molar-refractivity contribution in [3.8, 4) is 0 Å². The van der Waals surface area contributed by atoms with E-state index in [2.05, 4.69) is 27.8 Å². The first-order chi connectivity index (χ1) is 10.8. The fourth-order valence-corrected chi connectivity index (χ4v) is 3.52. The number of nitrogens with zero attached hydrogens (tertiary/aromatic N) is 2. The van der Waals surface area contributed by atoms with Gasteiger partial charge in [-0.05, 0) is 37.3 Å². The monoisotopic (exact) mass is 306 g/mol. The van der Waals surface area contributed by atoms with Gasteiger partial charge in [-0.2, -0.15) is 0 Å². The van der Waals surface area contributed by atoms with E-state index in [1.165, 1.54) is 5.69 Å². The van der Waals surface area contributed by atoms with Gasteiger partial charge in [-0.1, -0.05) is 0 Å². The molecular formula is C17H26N2O3. The molecule has 2 aliphatic rings. The molecule has 1 amide bonds. The van der Waals surface area contributed by atoms with Crippen LogP contribution >= 0.6 is 0 Å². The first-order valence-corrected chi connectivity index (χ1v) is 8.27. The SMILES string of the molecule is COCC[C@H]1CN(C(=O)C2CCOCC2)Cc2cccn2C1. The first-order valence-electron chi connectivity index (χ1n) is 8.27. The van der Waals surface area contributed by atoms with E-state index >= 15 is 0 Å². The van der Waals surface area contributed by atoms with E-state index in [-0.39, 0.29) is 5.92 Å². The lowest BCUT2D eigenvalue weighted by Gasteiger charge is -2.30. The molecule has 1 aromatic rings. The second kappa shape index (κ2) is 7.29. The number of fused-ring (bicyclic) bond motifs is 1. The molecule has 3 rings (SSSR count). The average Bonchev–Trinajstić information content (AvgIpc) is 2.91. The summed E-state index contributed by atoms with van der Waals surface area (Å²) < 4.78 is 12.9. The highest BCUT2D eigenvalue weighted by molar-refractivity contribution is 5.79. The molecule has 122 valence electrons. The van der Waals surface area contributed by atoms with Gasteiger partial charge in [0.1, 0.15) is 0 Å². The normalized spacial score (nSPS) is 23.1. The summed E-state index contributed by atoms with van der Waals surface area (Å²) in [5.74, 6) is 0.899. The lowest BCUT2D eigenvalue weighted by Crippen LogP contribution is -2.40. The molecule has 1 aromatic heterocycles. The number of amides is 1. The number of carbonyl (C=O) groups is 1. The van der Waals surface area contributed by atoms with Gasteiger partial charge in [0.2, 0.25) is 5.91 Å². The summed E-state index contributed by atoms with van der Waals surface area (Å²) in [6, 6.07) is 4.20. The van der Waals surface area contributed by atoms with Crippen LogP contribution in [0.3, 0.4) is 0 Å². The van der Waals surface area contributed by atoms with Gasteiger partial charge in [0.15, 0.2) is 0 Å². The topological polar surface area (TPSA) is 43.7 Å². The van der Waals surface area contributed by atoms with E-state index in [9.17, 15) is 4.79 Å². The van der Waals surface area contributed by atoms with E-state index in [4.69, 9.17) is 9.47 Å². The minimum atomic E-state index is 0.137. The van der Waals surface area contributed by atoms with Crippen molar-refractivity contribution >= 4 is 5.91 Å². The molecule has 3 heterocycles. The maximum absolute atomic E-state index is 12.9. The Morgan fingerprint density at radius 3 is 2.95 bits per heavy atom. The number of carbonyl (C=O) groups excluding carboxylic acids is 1. The molecule has 5 nitrogen and oxygen atoms in total. The van der Waals surface area contributed by atoms with Crippen molar-refractivity contribution in [3.63, 3.8) is 0 Å². The Kier molecular flexibility index (Phi) is 5.16. The molecule has 1 atom stereocenters. The summed E-state index contributed by atoms with van der Waals surface area (Å²) in [5.41, 5.74) is 1.24. The highest BCUT2D eigenvalue weighted by Gasteiger charge is 2.30. The van der Waals surface area contributed by atoms with E-state index in [1.54, 1.807) is 7.11 Å². The van der Waals surface area contributed by atoms with Crippen molar-refractivity contribution in [2.24, 2.45) is 11.8 Å². The summed E-state index contributed by atoms with van der Waals surface area (Å²) in [4.78, 5) is 15.0. The van der Waals surface area contributed by atoms with Crippen molar-refractivity contribution in [2.45, 2.75) is 32.4 Å². The summed E-state index contributed by atoms with van der Waals surface area (Å²) in [5, 5.41) is 0. The van der Waals surface area contributed by atoms with Gasteiger partial charge >= 0.3 is 0 Å². The Hall–Kier alpha value is -1.33. The smallest absolute Gasteiger partial charge is 0.226 e. The van der Waals surface area contributed by atoms with Crippen LogP contribution in [-0.2, 0) is 27.4 Å². The van der Waals surface area contributed by atoms with Crippen LogP contribution in [0.25, 0.3) is 0 Å². The molecule has 5 heteroatoms. The lowest BCUT2D eigenvalue weighted by molar-refractivity contribution is -0.139. The van der Waals surface area contributed by atoms with E-state index < -0.39 is 0 Å². The number of aromatic nitrogens is 1. The molecule has 0 saturated carbocycles. The molecule has 2 aliphatic heterocycles. The average molecular weight is 306 g/mol. The maximum atomic E-state index is 12.9. The van der Waals surface area contributed by atoms with Crippen LogP contribution in [-0.4, -0.2) is 48.8 Å². The van der Waals surface area contributed by atoms with Crippen molar-refractivity contribution in [3.05, 3.63) is 24.0 Å². The number of rotatable bonds is 4. The van der Waals surface area contributed by atoms with Gasteiger partial charge in [-0.3, -0.25) is 4.79 Å². The molecule has 0 bridgehead atoms. The summed E-state index contributed by atoms with van der Waals surface area (Å²) in [6.07, 6.45) is 4.83. The molecule has 0 aromatic carbocycles. The second-order valence-electron chi connectivity index (χ2n) is 6.40. The Bertz CT molecular complexity index is 494. The van der Waals surface area contributed by atoms with E-state index in [0.29, 0.717) is 25.0 Å². The van der Waals surface area contributed by atoms with E-state index in [1.807, 2.05) is 0 Å². The third-order valence-electron chi connectivity index (χ3n) is 4.82. The third kappa shape index (κ3) is 3.52. The molecule has 1 fully saturated rings. The van der Waals surface area contributed by atoms with Gasteiger partial charge in [-0.25, -0.2) is 0 Å². The van der Waals surface area contributed by atoms with Crippen molar-refractivity contribution < 1.29 is 14.3 Å². The third-order valence-corrected chi connectivity index (χ3v) is 4.82. The van der Waals surface area contributed by atoms with Crippen LogP contribution in [0.15, 0.2) is 18.3 Å². The van der Waals surface area contributed by atoms with Gasteiger partial charge in [-0.15, -0.1) is 0 Å². The van der Waals surface area contributed by atoms with Crippen molar-refractivity contribution in [2.75, 3.05) is 33.5 Å². The van der Waals surface area contributed by atoms with Gasteiger partial charge in [0.25, 0.3) is 0 Å². The number of ether oxygens (including phenoxy) is 2. The molecule has 0 N–H and O–H groups in total. The Labute approximate surface area is 132 Å². The van der Waals surface area contributed by atoms with Crippen molar-refractivity contribution in [1.82, 2.24) is 9.47 Å². The molecule has 0 aliphatic carbocycles. The van der Waals surface area contributed by atoms with Gasteiger partial charge in [0, 0.05) is 57.8 Å². The van der Waals surface area contributed by atoms with Crippen molar-refractivity contribution in [1.29, 1.82) is 0 Å². The standard InChI is InChI=1S/C17H26N2O3/c1-21-8-4-14-11-18-7-2-3-16(18)13-19(12-14)17(20)15-5-9-22-10-6-15/h2-3,7,14-15H,4-6,8-13H2,1H3/t14-/m1/s1. The maximum Gasteiger partial charge on any atom is 0.226 e. The van der Waals surface area contributed by atoms with Gasteiger partial charge < -0.3 is 18.9 Å². The number of methoxy groups -OCH3 is 1. The highest BCUT2D eigenvalue weighted by atomic mass is 16.5. The van der Waals surface area contributed by atoms with Crippen LogP contribution in [0, 0.1) is 11.8 Å². The van der Waals surface area contributed by atoms with Crippen LogP contribution < -0.4 is 0 Å². The zero-order chi connectivity index (χ0) is 15.4. The second-order valence-corrected chi connectivity index (χ2v) is 6.40. The van der Waals surface area contributed by atoms with Gasteiger partial charge in [0.05, 0.1) is 6.54 Å². The molecule has 1 saturated heterocycles. The zero-order valence-corrected chi connectivity index (χ0v) is 13.4. The minimum Gasteiger partial charge on any atom is -0.385 e. The van der Waals surface area contributed by atoms with E-state index in [0.717, 1.165) is 45.5 Å². The zero-order valence-electron chi connectivity index (χ0n) is 13.4. The lowest BCUT2D eigenvalue weighted by atomic mass is 9.97. The van der Waals surface area contributed by atoms with Crippen LogP contribution in [0.4, 0.5) is 0 Å². The first kappa shape index (κ1) is 15.6. The Balaban J connectivity index is 1.72. The predicted molar refractivity (Wildman–Crippen MR) is 83.4 cm³/mol. The number of hydrogen-bond donors (Lipinski definition) is 0. The summed E-state index contributed by atoms with van der Waals surface area (Å²) in [7, 11) is 1.74. The Morgan fingerprint density at radius 2 is 2.18 bits per heavy atom. The molecule has 0 unspecified atom stereocenters. The van der Waals surface area contributed by atoms with Crippen LogP contribution in [0.2, 0.25) is 0 Å². The van der Waals surface area contributed by atoms with Crippen LogP contribution in [0.5, 0.6) is 0 Å².